The summed E-state index contributed by atoms with van der Waals surface area (Å²) in [6, 6.07) is 8.33. The monoisotopic (exact) mass is 292 g/mol. The first kappa shape index (κ1) is 15.3. The number of piperidine rings is 1. The van der Waals surface area contributed by atoms with Gasteiger partial charge in [0.15, 0.2) is 0 Å². The van der Waals surface area contributed by atoms with Crippen LogP contribution in [0.3, 0.4) is 0 Å². The molecule has 0 radical (unpaired) electrons. The van der Waals surface area contributed by atoms with Gasteiger partial charge in [-0.1, -0.05) is 31.3 Å². The third-order valence-electron chi connectivity index (χ3n) is 4.43. The molecule has 0 unspecified atom stereocenters. The maximum atomic E-state index is 5.84. The van der Waals surface area contributed by atoms with E-state index in [1.165, 1.54) is 5.56 Å². The van der Waals surface area contributed by atoms with Crippen LogP contribution in [0.15, 0.2) is 24.3 Å². The van der Waals surface area contributed by atoms with E-state index in [-0.39, 0.29) is 5.41 Å². The average Bonchev–Trinajstić information content (AvgIpc) is 2.47. The highest BCUT2D eigenvalue weighted by molar-refractivity contribution is 7.80. The van der Waals surface area contributed by atoms with Crippen LogP contribution >= 0.6 is 12.2 Å². The first-order chi connectivity index (χ1) is 9.53. The molecule has 1 aliphatic rings. The van der Waals surface area contributed by atoms with Crippen LogP contribution in [0.4, 0.5) is 0 Å². The lowest BCUT2D eigenvalue weighted by molar-refractivity contribution is 0.166. The molecule has 1 aromatic carbocycles. The molecule has 1 heterocycles. The predicted molar refractivity (Wildman–Crippen MR) is 87.3 cm³/mol. The summed E-state index contributed by atoms with van der Waals surface area (Å²) in [6.45, 7) is 5.46. The Kier molecular flexibility index (Phi) is 5.00. The molecule has 1 aromatic rings. The van der Waals surface area contributed by atoms with Crippen LogP contribution in [0.5, 0.6) is 5.75 Å². The van der Waals surface area contributed by atoms with Crippen LogP contribution in [0.25, 0.3) is 0 Å². The Morgan fingerprint density at radius 1 is 1.30 bits per heavy atom. The Morgan fingerprint density at radius 2 is 1.90 bits per heavy atom. The van der Waals surface area contributed by atoms with E-state index < -0.39 is 0 Å². The zero-order chi connectivity index (χ0) is 14.6. The molecule has 3 nitrogen and oxygen atoms in total. The third kappa shape index (κ3) is 3.70. The highest BCUT2D eigenvalue weighted by Gasteiger charge is 2.32. The number of benzene rings is 1. The molecule has 110 valence electrons. The van der Waals surface area contributed by atoms with Gasteiger partial charge >= 0.3 is 0 Å². The molecule has 1 aliphatic heterocycles. The van der Waals surface area contributed by atoms with Gasteiger partial charge in [-0.3, -0.25) is 0 Å². The van der Waals surface area contributed by atoms with Gasteiger partial charge in [0.05, 0.1) is 12.1 Å². The molecular weight excluding hydrogens is 268 g/mol. The molecule has 0 amide bonds. The van der Waals surface area contributed by atoms with Crippen LogP contribution < -0.4 is 10.5 Å². The summed E-state index contributed by atoms with van der Waals surface area (Å²) < 4.78 is 5.17. The van der Waals surface area contributed by atoms with Gasteiger partial charge in [0, 0.05) is 12.0 Å². The maximum Gasteiger partial charge on any atom is 0.118 e. The number of thiocarbonyl (C=S) groups is 1. The van der Waals surface area contributed by atoms with Gasteiger partial charge in [0.2, 0.25) is 0 Å². The normalized spacial score (nSPS) is 18.7. The second-order valence-electron chi connectivity index (χ2n) is 5.86. The highest BCUT2D eigenvalue weighted by atomic mass is 32.1. The van der Waals surface area contributed by atoms with E-state index in [4.69, 9.17) is 22.7 Å². The summed E-state index contributed by atoms with van der Waals surface area (Å²) in [7, 11) is 1.70. The molecule has 0 atom stereocenters. The summed E-state index contributed by atoms with van der Waals surface area (Å²) in [5.74, 6) is 0.916. The Morgan fingerprint density at radius 3 is 2.40 bits per heavy atom. The molecule has 2 rings (SSSR count). The van der Waals surface area contributed by atoms with Gasteiger partial charge in [-0.25, -0.2) is 0 Å². The zero-order valence-corrected chi connectivity index (χ0v) is 13.2. The van der Waals surface area contributed by atoms with Gasteiger partial charge in [-0.2, -0.15) is 0 Å². The van der Waals surface area contributed by atoms with Crippen LogP contribution in [-0.2, 0) is 6.42 Å². The molecule has 4 heteroatoms. The number of nitrogens with zero attached hydrogens (tertiary/aromatic N) is 1. The van der Waals surface area contributed by atoms with Crippen molar-refractivity contribution in [3.05, 3.63) is 29.8 Å². The summed E-state index contributed by atoms with van der Waals surface area (Å²) >= 11 is 5.18. The smallest absolute Gasteiger partial charge is 0.118 e. The lowest BCUT2D eigenvalue weighted by atomic mass is 9.80. The minimum atomic E-state index is 0.0615. The predicted octanol–water partition coefficient (Wildman–Crippen LogP) is 2.63. The summed E-state index contributed by atoms with van der Waals surface area (Å²) in [5, 5.41) is 0. The number of nitrogens with two attached hydrogens (primary N) is 1. The van der Waals surface area contributed by atoms with E-state index in [9.17, 15) is 0 Å². The Balaban J connectivity index is 1.79. The molecule has 0 aliphatic carbocycles. The second-order valence-corrected chi connectivity index (χ2v) is 6.30. The minimum Gasteiger partial charge on any atom is -0.497 e. The molecule has 0 aromatic heterocycles. The molecule has 0 saturated carbocycles. The van der Waals surface area contributed by atoms with Gasteiger partial charge < -0.3 is 15.4 Å². The SMILES string of the molecule is COc1ccc(CCN2CCC(C)(C(N)=S)CC2)cc1. The van der Waals surface area contributed by atoms with E-state index in [2.05, 4.69) is 24.0 Å². The highest BCUT2D eigenvalue weighted by Crippen LogP contribution is 2.31. The number of ether oxygens (including phenoxy) is 1. The Bertz CT molecular complexity index is 450. The fourth-order valence-corrected chi connectivity index (χ4v) is 2.80. The molecule has 0 bridgehead atoms. The Hall–Kier alpha value is -1.13. The first-order valence-electron chi connectivity index (χ1n) is 7.19. The maximum absolute atomic E-state index is 5.84. The van der Waals surface area contributed by atoms with Crippen LogP contribution in [0.1, 0.15) is 25.3 Å². The first-order valence-corrected chi connectivity index (χ1v) is 7.59. The van der Waals surface area contributed by atoms with Crippen LogP contribution in [-0.4, -0.2) is 36.6 Å². The van der Waals surface area contributed by atoms with Gasteiger partial charge in [0.25, 0.3) is 0 Å². The van der Waals surface area contributed by atoms with Gasteiger partial charge in [-0.05, 0) is 50.0 Å². The summed E-state index contributed by atoms with van der Waals surface area (Å²) in [5.41, 5.74) is 7.26. The van der Waals surface area contributed by atoms with E-state index in [0.29, 0.717) is 4.99 Å². The second kappa shape index (κ2) is 6.55. The topological polar surface area (TPSA) is 38.5 Å². The van der Waals surface area contributed by atoms with Gasteiger partial charge in [0.1, 0.15) is 5.75 Å². The zero-order valence-electron chi connectivity index (χ0n) is 12.4. The number of hydrogen-bond donors (Lipinski definition) is 1. The van der Waals surface area contributed by atoms with Crippen molar-refractivity contribution in [1.29, 1.82) is 0 Å². The van der Waals surface area contributed by atoms with Crippen molar-refractivity contribution in [2.75, 3.05) is 26.7 Å². The molecule has 1 saturated heterocycles. The molecular formula is C16H24N2OS. The number of hydrogen-bond acceptors (Lipinski definition) is 3. The van der Waals surface area contributed by atoms with E-state index in [1.54, 1.807) is 7.11 Å². The fraction of sp³-hybridized carbons (Fsp3) is 0.562. The van der Waals surface area contributed by atoms with Crippen molar-refractivity contribution in [3.8, 4) is 5.75 Å². The number of rotatable bonds is 5. The Labute approximate surface area is 127 Å². The van der Waals surface area contributed by atoms with Crippen molar-refractivity contribution in [2.24, 2.45) is 11.1 Å². The summed E-state index contributed by atoms with van der Waals surface area (Å²) in [4.78, 5) is 3.18. The van der Waals surface area contributed by atoms with E-state index in [1.807, 2.05) is 12.1 Å². The van der Waals surface area contributed by atoms with E-state index in [0.717, 1.165) is 44.6 Å². The number of methoxy groups -OCH3 is 1. The molecule has 20 heavy (non-hydrogen) atoms. The standard InChI is InChI=1S/C16H24N2OS/c1-16(15(17)20)8-11-18(12-9-16)10-7-13-3-5-14(19-2)6-4-13/h3-6H,7-12H2,1-2H3,(H2,17,20). The minimum absolute atomic E-state index is 0.0615. The lowest BCUT2D eigenvalue weighted by Crippen LogP contribution is -2.45. The fourth-order valence-electron chi connectivity index (χ4n) is 2.60. The largest absolute Gasteiger partial charge is 0.497 e. The van der Waals surface area contributed by atoms with Crippen molar-refractivity contribution in [2.45, 2.75) is 26.2 Å². The van der Waals surface area contributed by atoms with Crippen molar-refractivity contribution in [1.82, 2.24) is 4.90 Å². The molecule has 1 fully saturated rings. The summed E-state index contributed by atoms with van der Waals surface area (Å²) in [6.07, 6.45) is 3.23. The molecule has 2 N–H and O–H groups in total. The molecule has 0 spiro atoms. The van der Waals surface area contributed by atoms with Crippen molar-refractivity contribution >= 4 is 17.2 Å². The third-order valence-corrected chi connectivity index (χ3v) is 4.92. The van der Waals surface area contributed by atoms with Crippen molar-refractivity contribution in [3.63, 3.8) is 0 Å². The average molecular weight is 292 g/mol. The quantitative estimate of drug-likeness (QED) is 0.847. The van der Waals surface area contributed by atoms with Gasteiger partial charge in [-0.15, -0.1) is 0 Å². The number of likely N-dealkylation sites (tertiary alicyclic amines) is 1. The van der Waals surface area contributed by atoms with E-state index >= 15 is 0 Å². The van der Waals surface area contributed by atoms with Crippen LogP contribution in [0, 0.1) is 5.41 Å². The lowest BCUT2D eigenvalue weighted by Gasteiger charge is -2.38. The van der Waals surface area contributed by atoms with Crippen LogP contribution in [0.2, 0.25) is 0 Å². The van der Waals surface area contributed by atoms with Crippen molar-refractivity contribution < 1.29 is 4.74 Å².